The molecule has 186 valence electrons. The monoisotopic (exact) mass is 544 g/mol. The van der Waals surface area contributed by atoms with E-state index in [9.17, 15) is 9.59 Å². The molecule has 0 fully saturated rings. The summed E-state index contributed by atoms with van der Waals surface area (Å²) in [4.78, 5) is 26.3. The summed E-state index contributed by atoms with van der Waals surface area (Å²) in [5.74, 6) is -2.00. The summed E-state index contributed by atoms with van der Waals surface area (Å²) < 4.78 is 10.8. The van der Waals surface area contributed by atoms with Gasteiger partial charge in [-0.3, -0.25) is 0 Å². The molecule has 1 atom stereocenters. The molecular weight excluding hydrogens is 523 g/mol. The molecule has 2 aromatic rings. The first-order valence-electron chi connectivity index (χ1n) is 11.0. The van der Waals surface area contributed by atoms with Crippen LogP contribution in [0.15, 0.2) is 71.1 Å². The lowest BCUT2D eigenvalue weighted by Gasteiger charge is -2.30. The van der Waals surface area contributed by atoms with Crippen LogP contribution in [0.25, 0.3) is 6.08 Å². The van der Waals surface area contributed by atoms with Gasteiger partial charge in [0.05, 0.1) is 39.6 Å². The summed E-state index contributed by atoms with van der Waals surface area (Å²) in [5.41, 5.74) is 3.03. The van der Waals surface area contributed by atoms with Crippen molar-refractivity contribution in [2.45, 2.75) is 26.2 Å². The van der Waals surface area contributed by atoms with Gasteiger partial charge in [-0.2, -0.15) is 5.26 Å². The Morgan fingerprint density at radius 1 is 1.00 bits per heavy atom. The van der Waals surface area contributed by atoms with Gasteiger partial charge in [0.1, 0.15) is 13.2 Å². The van der Waals surface area contributed by atoms with Crippen LogP contribution in [0.3, 0.4) is 0 Å². The number of benzene rings is 2. The van der Waals surface area contributed by atoms with Gasteiger partial charge in [0.25, 0.3) is 0 Å². The molecule has 36 heavy (non-hydrogen) atoms. The number of rotatable bonds is 8. The number of halogens is 3. The van der Waals surface area contributed by atoms with E-state index in [1.807, 2.05) is 6.07 Å². The molecule has 1 unspecified atom stereocenters. The first-order valence-corrected chi connectivity index (χ1v) is 12.1. The number of allylic oxidation sites excluding steroid dienone is 2. The Morgan fingerprint density at radius 3 is 2.33 bits per heavy atom. The van der Waals surface area contributed by atoms with Crippen molar-refractivity contribution in [1.29, 1.82) is 5.26 Å². The van der Waals surface area contributed by atoms with Crippen LogP contribution in [0, 0.1) is 11.3 Å². The third-order valence-electron chi connectivity index (χ3n) is 5.39. The first-order chi connectivity index (χ1) is 17.2. The Balaban J connectivity index is 1.87. The minimum absolute atomic E-state index is 0.0111. The molecular formula is C27H23Cl3N2O4. The standard InChI is InChI=1S/C27H23Cl3N2O4/c1-16-23(26(33)35-12-4-6-18-9-10-21(29)22(30)14-18)25(19-7-3-8-20(28)15-19)24(17(2)32-16)27(34)36-13-5-11-31/h3-4,6-10,14-15,25,32H,5,12-13H2,1-2H3/b6-4+. The Kier molecular flexibility index (Phi) is 9.60. The molecule has 1 aliphatic heterocycles. The predicted octanol–water partition coefficient (Wildman–Crippen LogP) is 6.60. The minimum Gasteiger partial charge on any atom is -0.461 e. The molecule has 0 spiro atoms. The predicted molar refractivity (Wildman–Crippen MR) is 140 cm³/mol. The van der Waals surface area contributed by atoms with Gasteiger partial charge in [-0.25, -0.2) is 9.59 Å². The summed E-state index contributed by atoms with van der Waals surface area (Å²) in [6.45, 7) is 3.39. The maximum absolute atomic E-state index is 13.3. The van der Waals surface area contributed by atoms with E-state index in [1.54, 1.807) is 68.5 Å². The number of ether oxygens (including phenoxy) is 2. The van der Waals surface area contributed by atoms with E-state index in [0.29, 0.717) is 32.0 Å². The van der Waals surface area contributed by atoms with Crippen LogP contribution in [-0.4, -0.2) is 25.2 Å². The van der Waals surface area contributed by atoms with Gasteiger partial charge >= 0.3 is 11.9 Å². The highest BCUT2D eigenvalue weighted by Crippen LogP contribution is 2.40. The molecule has 0 radical (unpaired) electrons. The number of carbonyl (C=O) groups excluding carboxylic acids is 2. The molecule has 6 nitrogen and oxygen atoms in total. The van der Waals surface area contributed by atoms with Crippen molar-refractivity contribution < 1.29 is 19.1 Å². The molecule has 1 N–H and O–H groups in total. The maximum atomic E-state index is 13.3. The summed E-state index contributed by atoms with van der Waals surface area (Å²) in [5, 5.41) is 13.2. The fraction of sp³-hybridized carbons (Fsp3) is 0.222. The van der Waals surface area contributed by atoms with Gasteiger partial charge in [0.15, 0.2) is 0 Å². The van der Waals surface area contributed by atoms with E-state index >= 15 is 0 Å². The number of hydrogen-bond acceptors (Lipinski definition) is 6. The summed E-state index contributed by atoms with van der Waals surface area (Å²) in [7, 11) is 0. The smallest absolute Gasteiger partial charge is 0.337 e. The number of dihydropyridines is 1. The van der Waals surface area contributed by atoms with E-state index < -0.39 is 17.9 Å². The van der Waals surface area contributed by atoms with Crippen LogP contribution >= 0.6 is 34.8 Å². The van der Waals surface area contributed by atoms with E-state index in [2.05, 4.69) is 5.32 Å². The third-order valence-corrected chi connectivity index (χ3v) is 6.37. The molecule has 2 aromatic carbocycles. The van der Waals surface area contributed by atoms with Gasteiger partial charge in [-0.15, -0.1) is 0 Å². The van der Waals surface area contributed by atoms with Crippen molar-refractivity contribution in [3.63, 3.8) is 0 Å². The topological polar surface area (TPSA) is 88.4 Å². The fourth-order valence-electron chi connectivity index (χ4n) is 3.82. The largest absolute Gasteiger partial charge is 0.461 e. The maximum Gasteiger partial charge on any atom is 0.337 e. The number of nitriles is 1. The Bertz CT molecular complexity index is 1310. The van der Waals surface area contributed by atoms with Crippen LogP contribution in [-0.2, 0) is 19.1 Å². The molecule has 0 saturated heterocycles. The van der Waals surface area contributed by atoms with Gasteiger partial charge in [-0.05, 0) is 55.3 Å². The normalized spacial score (nSPS) is 15.5. The number of nitrogens with one attached hydrogen (secondary N) is 1. The van der Waals surface area contributed by atoms with E-state index in [-0.39, 0.29) is 30.8 Å². The lowest BCUT2D eigenvalue weighted by molar-refractivity contribution is -0.139. The highest BCUT2D eigenvalue weighted by molar-refractivity contribution is 6.42. The van der Waals surface area contributed by atoms with Gasteiger partial charge < -0.3 is 14.8 Å². The molecule has 1 heterocycles. The zero-order valence-electron chi connectivity index (χ0n) is 19.6. The third kappa shape index (κ3) is 6.70. The van der Waals surface area contributed by atoms with Gasteiger partial charge in [0.2, 0.25) is 0 Å². The van der Waals surface area contributed by atoms with Crippen LogP contribution < -0.4 is 5.32 Å². The highest BCUT2D eigenvalue weighted by Gasteiger charge is 2.38. The number of carbonyl (C=O) groups is 2. The number of nitrogens with zero attached hydrogens (tertiary/aromatic N) is 1. The summed E-state index contributed by atoms with van der Waals surface area (Å²) >= 11 is 18.2. The Hall–Kier alpha value is -3.24. The van der Waals surface area contributed by atoms with Crippen LogP contribution in [0.2, 0.25) is 15.1 Å². The zero-order chi connectivity index (χ0) is 26.2. The molecule has 0 aliphatic carbocycles. The fourth-order valence-corrected chi connectivity index (χ4v) is 4.33. The number of hydrogen-bond donors (Lipinski definition) is 1. The summed E-state index contributed by atoms with van der Waals surface area (Å²) in [6, 6.07) is 14.0. The van der Waals surface area contributed by atoms with Crippen molar-refractivity contribution in [3.05, 3.63) is 97.3 Å². The Morgan fingerprint density at radius 2 is 1.69 bits per heavy atom. The molecule has 0 saturated carbocycles. The minimum atomic E-state index is -0.772. The average Bonchev–Trinajstić information content (AvgIpc) is 2.83. The van der Waals surface area contributed by atoms with Crippen molar-refractivity contribution in [3.8, 4) is 6.07 Å². The first kappa shape index (κ1) is 27.3. The molecule has 1 aliphatic rings. The SMILES string of the molecule is CC1=C(C(=O)OC/C=C/c2ccc(Cl)c(Cl)c2)C(c2cccc(Cl)c2)C(C(=O)OCCC#N)=C(C)N1. The lowest BCUT2D eigenvalue weighted by atomic mass is 9.80. The molecule has 0 amide bonds. The van der Waals surface area contributed by atoms with E-state index in [1.165, 1.54) is 0 Å². The second kappa shape index (κ2) is 12.6. The van der Waals surface area contributed by atoms with Gasteiger partial charge in [0, 0.05) is 16.4 Å². The van der Waals surface area contributed by atoms with Crippen molar-refractivity contribution >= 4 is 52.8 Å². The molecule has 9 heteroatoms. The second-order valence-corrected chi connectivity index (χ2v) is 9.16. The van der Waals surface area contributed by atoms with Crippen LogP contribution in [0.1, 0.15) is 37.3 Å². The second-order valence-electron chi connectivity index (χ2n) is 7.91. The summed E-state index contributed by atoms with van der Waals surface area (Å²) in [6.07, 6.45) is 3.49. The molecule has 3 rings (SSSR count). The Labute approximate surface area is 224 Å². The highest BCUT2D eigenvalue weighted by atomic mass is 35.5. The van der Waals surface area contributed by atoms with E-state index in [0.717, 1.165) is 5.56 Å². The quantitative estimate of drug-likeness (QED) is 0.297. The lowest BCUT2D eigenvalue weighted by Crippen LogP contribution is -2.32. The van der Waals surface area contributed by atoms with E-state index in [4.69, 9.17) is 49.5 Å². The number of esters is 2. The zero-order valence-corrected chi connectivity index (χ0v) is 21.9. The van der Waals surface area contributed by atoms with Crippen LogP contribution in [0.5, 0.6) is 0 Å². The van der Waals surface area contributed by atoms with Gasteiger partial charge in [-0.1, -0.05) is 59.1 Å². The molecule has 0 bridgehead atoms. The molecule has 0 aromatic heterocycles. The van der Waals surface area contributed by atoms with Crippen LogP contribution in [0.4, 0.5) is 0 Å². The van der Waals surface area contributed by atoms with Crippen molar-refractivity contribution in [2.24, 2.45) is 0 Å². The average molecular weight is 546 g/mol. The van der Waals surface area contributed by atoms with Crippen molar-refractivity contribution in [1.82, 2.24) is 5.32 Å². The van der Waals surface area contributed by atoms with Crippen molar-refractivity contribution in [2.75, 3.05) is 13.2 Å².